The third kappa shape index (κ3) is 4.66. The fourth-order valence-electron chi connectivity index (χ4n) is 2.74. The monoisotopic (exact) mass is 397 g/mol. The van der Waals surface area contributed by atoms with E-state index in [1.165, 1.54) is 11.3 Å². The lowest BCUT2D eigenvalue weighted by molar-refractivity contribution is 0.0723. The molecule has 8 heteroatoms. The molecule has 1 aromatic carbocycles. The van der Waals surface area contributed by atoms with Crippen LogP contribution in [0.1, 0.15) is 33.9 Å². The zero-order valence-electron chi connectivity index (χ0n) is 14.9. The number of nitrogens with two attached hydrogens (primary N) is 1. The number of carbonyl (C=O) groups is 1. The van der Waals surface area contributed by atoms with Crippen molar-refractivity contribution in [2.45, 2.75) is 31.8 Å². The third-order valence-corrected chi connectivity index (χ3v) is 5.11. The van der Waals surface area contributed by atoms with Gasteiger partial charge in [-0.2, -0.15) is 0 Å². The normalized spacial score (nSPS) is 13.0. The Morgan fingerprint density at radius 3 is 2.73 bits per heavy atom. The third-order valence-electron chi connectivity index (χ3n) is 4.21. The van der Waals surface area contributed by atoms with Gasteiger partial charge in [0.05, 0.1) is 25.8 Å². The lowest BCUT2D eigenvalue weighted by Crippen LogP contribution is -2.33. The average Bonchev–Trinajstić information content (AvgIpc) is 3.37. The summed E-state index contributed by atoms with van der Waals surface area (Å²) in [5.41, 5.74) is 7.00. The second-order valence-corrected chi connectivity index (χ2v) is 6.95. The summed E-state index contributed by atoms with van der Waals surface area (Å²) in [7, 11) is 3.26. The van der Waals surface area contributed by atoms with E-state index in [9.17, 15) is 4.79 Å². The molecule has 0 bridgehead atoms. The highest BCUT2D eigenvalue weighted by atomic mass is 35.5. The van der Waals surface area contributed by atoms with Crippen molar-refractivity contribution < 1.29 is 14.3 Å². The molecular formula is C18H24ClN3O3S. The van der Waals surface area contributed by atoms with Crippen molar-refractivity contribution in [3.05, 3.63) is 39.8 Å². The maximum atomic E-state index is 13.0. The van der Waals surface area contributed by atoms with E-state index < -0.39 is 0 Å². The van der Waals surface area contributed by atoms with E-state index in [-0.39, 0.29) is 24.4 Å². The summed E-state index contributed by atoms with van der Waals surface area (Å²) < 4.78 is 10.8. The van der Waals surface area contributed by atoms with Crippen LogP contribution in [0.15, 0.2) is 23.6 Å². The Morgan fingerprint density at radius 2 is 2.12 bits per heavy atom. The first kappa shape index (κ1) is 20.5. The van der Waals surface area contributed by atoms with E-state index in [2.05, 4.69) is 4.98 Å². The Morgan fingerprint density at radius 1 is 1.35 bits per heavy atom. The van der Waals surface area contributed by atoms with Crippen LogP contribution in [-0.2, 0) is 13.0 Å². The minimum Gasteiger partial charge on any atom is -0.497 e. The fourth-order valence-corrected chi connectivity index (χ4v) is 3.52. The van der Waals surface area contributed by atoms with E-state index in [1.54, 1.807) is 14.2 Å². The Labute approximate surface area is 163 Å². The molecule has 0 aliphatic heterocycles. The molecule has 6 nitrogen and oxygen atoms in total. The van der Waals surface area contributed by atoms with Gasteiger partial charge >= 0.3 is 0 Å². The zero-order chi connectivity index (χ0) is 17.8. The Hall–Kier alpha value is -1.83. The number of thiazole rings is 1. The molecule has 1 saturated carbocycles. The topological polar surface area (TPSA) is 77.7 Å². The number of carbonyl (C=O) groups excluding carboxylic acids is 1. The first-order valence-electron chi connectivity index (χ1n) is 8.32. The van der Waals surface area contributed by atoms with E-state index >= 15 is 0 Å². The van der Waals surface area contributed by atoms with Crippen LogP contribution >= 0.6 is 23.7 Å². The number of nitrogens with zero attached hydrogens (tertiary/aromatic N) is 2. The van der Waals surface area contributed by atoms with Crippen LogP contribution in [0.25, 0.3) is 0 Å². The van der Waals surface area contributed by atoms with Crippen molar-refractivity contribution in [1.29, 1.82) is 0 Å². The second-order valence-electron chi connectivity index (χ2n) is 6.01. The van der Waals surface area contributed by atoms with Crippen molar-refractivity contribution in [1.82, 2.24) is 9.88 Å². The lowest BCUT2D eigenvalue weighted by Gasteiger charge is -2.23. The summed E-state index contributed by atoms with van der Waals surface area (Å²) in [4.78, 5) is 19.3. The average molecular weight is 398 g/mol. The van der Waals surface area contributed by atoms with Crippen molar-refractivity contribution in [2.24, 2.45) is 5.73 Å². The predicted molar refractivity (Wildman–Crippen MR) is 105 cm³/mol. The minimum atomic E-state index is -0.0353. The summed E-state index contributed by atoms with van der Waals surface area (Å²) >= 11 is 1.49. The van der Waals surface area contributed by atoms with Crippen molar-refractivity contribution in [3.63, 3.8) is 0 Å². The molecule has 1 aromatic heterocycles. The zero-order valence-corrected chi connectivity index (χ0v) is 16.6. The maximum absolute atomic E-state index is 13.0. The number of aromatic nitrogens is 1. The molecule has 0 spiro atoms. The standard InChI is InChI=1S/C18H23N3O3S.ClH/c1-23-14-5-6-16(24-2)12(9-14)10-21(13-3-4-13)18(22)15-11-25-17(20-15)7-8-19;/h5-6,9,11,13H,3-4,7-8,10,19H2,1-2H3;1H. The van der Waals surface area contributed by atoms with E-state index in [0.29, 0.717) is 25.2 Å². The first-order chi connectivity index (χ1) is 12.2. The summed E-state index contributed by atoms with van der Waals surface area (Å²) in [6, 6.07) is 5.91. The number of methoxy groups -OCH3 is 2. The quantitative estimate of drug-likeness (QED) is 0.741. The molecule has 2 N–H and O–H groups in total. The number of ether oxygens (including phenoxy) is 2. The van der Waals surface area contributed by atoms with Crippen LogP contribution in [0, 0.1) is 0 Å². The van der Waals surface area contributed by atoms with E-state index in [1.807, 2.05) is 28.5 Å². The molecule has 3 rings (SSSR count). The minimum absolute atomic E-state index is 0. The Kier molecular flexibility index (Phi) is 7.25. The van der Waals surface area contributed by atoms with Crippen LogP contribution in [0.4, 0.5) is 0 Å². The number of halogens is 1. The summed E-state index contributed by atoms with van der Waals surface area (Å²) in [6.45, 7) is 1.02. The van der Waals surface area contributed by atoms with Crippen LogP contribution in [0.3, 0.4) is 0 Å². The molecule has 2 aromatic rings. The number of hydrogen-bond donors (Lipinski definition) is 1. The van der Waals surface area contributed by atoms with Crippen LogP contribution in [0.5, 0.6) is 11.5 Å². The molecule has 1 amide bonds. The molecule has 142 valence electrons. The summed E-state index contributed by atoms with van der Waals surface area (Å²) in [5, 5.41) is 2.73. The SMILES string of the molecule is COc1ccc(OC)c(CN(C(=O)c2csc(CCN)n2)C2CC2)c1.Cl. The smallest absolute Gasteiger partial charge is 0.273 e. The molecule has 26 heavy (non-hydrogen) atoms. The van der Waals surface area contributed by atoms with Crippen LogP contribution in [-0.4, -0.2) is 42.6 Å². The van der Waals surface area contributed by atoms with Gasteiger partial charge < -0.3 is 20.1 Å². The van der Waals surface area contributed by atoms with Gasteiger partial charge in [-0.3, -0.25) is 4.79 Å². The second kappa shape index (κ2) is 9.21. The van der Waals surface area contributed by atoms with Crippen molar-refractivity contribution in [3.8, 4) is 11.5 Å². The molecule has 0 radical (unpaired) electrons. The molecule has 0 unspecified atom stereocenters. The van der Waals surface area contributed by atoms with Gasteiger partial charge in [-0.15, -0.1) is 23.7 Å². The highest BCUT2D eigenvalue weighted by Crippen LogP contribution is 2.33. The summed E-state index contributed by atoms with van der Waals surface area (Å²) in [5.74, 6) is 1.46. The molecular weight excluding hydrogens is 374 g/mol. The molecule has 1 fully saturated rings. The Bertz CT molecular complexity index is 749. The first-order valence-corrected chi connectivity index (χ1v) is 9.20. The van der Waals surface area contributed by atoms with Gasteiger partial charge in [0.15, 0.2) is 0 Å². The fraction of sp³-hybridized carbons (Fsp3) is 0.444. The van der Waals surface area contributed by atoms with Crippen molar-refractivity contribution >= 4 is 29.7 Å². The van der Waals surface area contributed by atoms with Gasteiger partial charge in [0, 0.05) is 23.4 Å². The highest BCUT2D eigenvalue weighted by Gasteiger charge is 2.34. The van der Waals surface area contributed by atoms with Crippen LogP contribution < -0.4 is 15.2 Å². The lowest BCUT2D eigenvalue weighted by atomic mass is 10.1. The van der Waals surface area contributed by atoms with Gasteiger partial charge in [-0.25, -0.2) is 4.98 Å². The molecule has 0 atom stereocenters. The van der Waals surface area contributed by atoms with Gasteiger partial charge in [0.25, 0.3) is 5.91 Å². The predicted octanol–water partition coefficient (Wildman–Crippen LogP) is 2.89. The number of amides is 1. The van der Waals surface area contributed by atoms with Crippen LogP contribution in [0.2, 0.25) is 0 Å². The number of benzene rings is 1. The van der Waals surface area contributed by atoms with Gasteiger partial charge in [-0.1, -0.05) is 0 Å². The molecule has 1 aliphatic rings. The number of hydrogen-bond acceptors (Lipinski definition) is 6. The van der Waals surface area contributed by atoms with Gasteiger partial charge in [0.1, 0.15) is 17.2 Å². The molecule has 1 aliphatic carbocycles. The van der Waals surface area contributed by atoms with Gasteiger partial charge in [0.2, 0.25) is 0 Å². The van der Waals surface area contributed by atoms with Crippen molar-refractivity contribution in [2.75, 3.05) is 20.8 Å². The molecule has 1 heterocycles. The highest BCUT2D eigenvalue weighted by molar-refractivity contribution is 7.09. The van der Waals surface area contributed by atoms with Gasteiger partial charge in [-0.05, 0) is 37.6 Å². The maximum Gasteiger partial charge on any atom is 0.273 e. The summed E-state index contributed by atoms with van der Waals surface area (Å²) in [6.07, 6.45) is 2.75. The van der Waals surface area contributed by atoms with E-state index in [4.69, 9.17) is 15.2 Å². The Balaban J connectivity index is 0.00000243. The molecule has 0 saturated heterocycles. The number of rotatable bonds is 8. The van der Waals surface area contributed by atoms with E-state index in [0.717, 1.165) is 34.9 Å². The largest absolute Gasteiger partial charge is 0.497 e.